The molecule has 0 aliphatic rings. The molecule has 16 heteroatoms. The summed E-state index contributed by atoms with van der Waals surface area (Å²) in [5.41, 5.74) is 0. The molecule has 0 saturated carbocycles. The molecule has 46 heavy (non-hydrogen) atoms. The number of methoxy groups -OCH3 is 1. The molecular weight excluding hydrogens is 635 g/mol. The van der Waals surface area contributed by atoms with Crippen LogP contribution in [0.5, 0.6) is 23.1 Å². The van der Waals surface area contributed by atoms with Gasteiger partial charge < -0.3 is 18.9 Å². The number of ether oxygens (including phenoxy) is 4. The molecule has 0 unspecified atom stereocenters. The van der Waals surface area contributed by atoms with Crippen molar-refractivity contribution in [1.29, 1.82) is 0 Å². The van der Waals surface area contributed by atoms with Crippen molar-refractivity contribution in [2.75, 3.05) is 36.6 Å². The van der Waals surface area contributed by atoms with E-state index in [0.717, 1.165) is 4.90 Å². The number of thioether (sulfide) groups is 1. The van der Waals surface area contributed by atoms with E-state index in [9.17, 15) is 13.2 Å². The fourth-order valence-electron chi connectivity index (χ4n) is 3.81. The highest BCUT2D eigenvalue weighted by molar-refractivity contribution is 7.98. The summed E-state index contributed by atoms with van der Waals surface area (Å²) in [6.45, 7) is -0.414. The highest BCUT2D eigenvalue weighted by Crippen LogP contribution is 2.41. The summed E-state index contributed by atoms with van der Waals surface area (Å²) in [6, 6.07) is 19.7. The van der Waals surface area contributed by atoms with Crippen LogP contribution in [0.15, 0.2) is 101 Å². The third-order valence-electron chi connectivity index (χ3n) is 5.93. The summed E-state index contributed by atoms with van der Waals surface area (Å²) >= 11 is 1.48. The zero-order chi connectivity index (χ0) is 32.4. The van der Waals surface area contributed by atoms with E-state index in [-0.39, 0.29) is 53.0 Å². The molecule has 0 atom stereocenters. The van der Waals surface area contributed by atoms with Crippen LogP contribution in [0.25, 0.3) is 11.6 Å². The Labute approximate surface area is 268 Å². The number of aromatic nitrogens is 5. The van der Waals surface area contributed by atoms with Gasteiger partial charge in [0.2, 0.25) is 11.6 Å². The fraction of sp³-hybridized carbons (Fsp3) is 0.133. The molecule has 0 aliphatic carbocycles. The zero-order valence-corrected chi connectivity index (χ0v) is 26.1. The number of amides is 1. The van der Waals surface area contributed by atoms with E-state index in [1.54, 1.807) is 60.7 Å². The standard InChI is InChI=1S/C30H27N7O7S2/c1-41-22-8-3-4-9-23(22)44-25-26(37-46(39,40)21-13-11-20(45-2)12-14-21)35-28(27-32-16-7-17-33-27)36-29(25)42-18-19-43-30(38)34-24-10-5-6-15-31-24/h3-17H,18-19H2,1-2H3,(H,31,34,38)(H,35,36,37). The molecule has 5 aromatic rings. The Hall–Kier alpha value is -5.48. The first-order valence-corrected chi connectivity index (χ1v) is 16.2. The van der Waals surface area contributed by atoms with E-state index >= 15 is 0 Å². The lowest BCUT2D eigenvalue weighted by Gasteiger charge is -2.18. The lowest BCUT2D eigenvalue weighted by atomic mass is 10.3. The highest BCUT2D eigenvalue weighted by atomic mass is 32.2. The average Bonchev–Trinajstić information content (AvgIpc) is 3.08. The predicted molar refractivity (Wildman–Crippen MR) is 170 cm³/mol. The molecule has 236 valence electrons. The SMILES string of the molecule is COc1ccccc1Oc1c(NS(=O)(=O)c2ccc(SC)cc2)nc(-c2ncccn2)nc1OCCOC(=O)Nc1ccccn1. The molecule has 0 bridgehead atoms. The number of nitrogens with zero attached hydrogens (tertiary/aromatic N) is 5. The maximum Gasteiger partial charge on any atom is 0.412 e. The zero-order valence-electron chi connectivity index (χ0n) is 24.5. The molecule has 0 fully saturated rings. The van der Waals surface area contributed by atoms with Crippen molar-refractivity contribution in [2.24, 2.45) is 0 Å². The number of rotatable bonds is 13. The first-order chi connectivity index (χ1) is 22.4. The van der Waals surface area contributed by atoms with Crippen LogP contribution in [0.4, 0.5) is 16.4 Å². The lowest BCUT2D eigenvalue weighted by molar-refractivity contribution is 0.135. The van der Waals surface area contributed by atoms with Crippen molar-refractivity contribution < 1.29 is 32.2 Å². The van der Waals surface area contributed by atoms with Gasteiger partial charge in [0, 0.05) is 23.5 Å². The topological polar surface area (TPSA) is 177 Å². The van der Waals surface area contributed by atoms with E-state index in [2.05, 4.69) is 35.0 Å². The molecule has 14 nitrogen and oxygen atoms in total. The number of hydrogen-bond acceptors (Lipinski definition) is 13. The number of benzene rings is 2. The summed E-state index contributed by atoms with van der Waals surface area (Å²) in [6.07, 6.45) is 5.62. The first kappa shape index (κ1) is 31.9. The van der Waals surface area contributed by atoms with Gasteiger partial charge in [-0.05, 0) is 60.9 Å². The van der Waals surface area contributed by atoms with Gasteiger partial charge >= 0.3 is 6.09 Å². The van der Waals surface area contributed by atoms with Gasteiger partial charge in [-0.2, -0.15) is 4.98 Å². The number of sulfonamides is 1. The molecule has 0 saturated heterocycles. The number of hydrogen-bond donors (Lipinski definition) is 2. The third kappa shape index (κ3) is 8.16. The van der Waals surface area contributed by atoms with Gasteiger partial charge in [-0.25, -0.2) is 33.1 Å². The van der Waals surface area contributed by atoms with E-state index in [1.807, 2.05) is 6.26 Å². The maximum absolute atomic E-state index is 13.6. The van der Waals surface area contributed by atoms with Crippen molar-refractivity contribution in [3.05, 3.63) is 91.4 Å². The summed E-state index contributed by atoms with van der Waals surface area (Å²) in [5.74, 6) is 0.265. The van der Waals surface area contributed by atoms with Crippen molar-refractivity contribution in [1.82, 2.24) is 24.9 Å². The minimum atomic E-state index is -4.19. The quantitative estimate of drug-likeness (QED) is 0.123. The van der Waals surface area contributed by atoms with E-state index in [0.29, 0.717) is 11.6 Å². The van der Waals surface area contributed by atoms with Crippen LogP contribution in [0.1, 0.15) is 0 Å². The van der Waals surface area contributed by atoms with Crippen LogP contribution in [0.2, 0.25) is 0 Å². The average molecular weight is 662 g/mol. The second-order valence-corrected chi connectivity index (χ2v) is 11.5. The predicted octanol–water partition coefficient (Wildman–Crippen LogP) is 5.28. The largest absolute Gasteiger partial charge is 0.493 e. The molecular formula is C30H27N7O7S2. The number of carbonyl (C=O) groups is 1. The Kier molecular flexibility index (Phi) is 10.4. The van der Waals surface area contributed by atoms with Gasteiger partial charge in [0.25, 0.3) is 15.9 Å². The second kappa shape index (κ2) is 15.0. The monoisotopic (exact) mass is 661 g/mol. The molecule has 0 aliphatic heterocycles. The van der Waals surface area contributed by atoms with Crippen molar-refractivity contribution in [3.63, 3.8) is 0 Å². The number of nitrogens with one attached hydrogen (secondary N) is 2. The number of anilines is 2. The molecule has 3 heterocycles. The number of pyridine rings is 1. The summed E-state index contributed by atoms with van der Waals surface area (Å²) in [7, 11) is -2.73. The van der Waals surface area contributed by atoms with Gasteiger partial charge in [-0.3, -0.25) is 10.0 Å². The van der Waals surface area contributed by atoms with Gasteiger partial charge in [0.1, 0.15) is 19.0 Å². The normalized spacial score (nSPS) is 10.9. The van der Waals surface area contributed by atoms with E-state index < -0.39 is 16.1 Å². The number of para-hydroxylation sites is 2. The molecule has 1 amide bonds. The van der Waals surface area contributed by atoms with Gasteiger partial charge in [-0.1, -0.05) is 18.2 Å². The molecule has 5 rings (SSSR count). The first-order valence-electron chi connectivity index (χ1n) is 13.5. The Morgan fingerprint density at radius 1 is 0.826 bits per heavy atom. The van der Waals surface area contributed by atoms with Crippen LogP contribution in [0, 0.1) is 0 Å². The van der Waals surface area contributed by atoms with Crippen LogP contribution in [-0.2, 0) is 14.8 Å². The van der Waals surface area contributed by atoms with Crippen LogP contribution < -0.4 is 24.2 Å². The Morgan fingerprint density at radius 3 is 2.24 bits per heavy atom. The van der Waals surface area contributed by atoms with Gasteiger partial charge in [-0.15, -0.1) is 11.8 Å². The Balaban J connectivity index is 1.50. The van der Waals surface area contributed by atoms with Crippen LogP contribution >= 0.6 is 11.8 Å². The molecule has 0 spiro atoms. The maximum atomic E-state index is 13.6. The molecule has 3 aromatic heterocycles. The van der Waals surface area contributed by atoms with Gasteiger partial charge in [0.05, 0.1) is 12.0 Å². The Morgan fingerprint density at radius 2 is 1.54 bits per heavy atom. The summed E-state index contributed by atoms with van der Waals surface area (Å²) < 4.78 is 52.3. The smallest absolute Gasteiger partial charge is 0.412 e. The van der Waals surface area contributed by atoms with Gasteiger partial charge in [0.15, 0.2) is 23.1 Å². The fourth-order valence-corrected chi connectivity index (χ4v) is 5.22. The van der Waals surface area contributed by atoms with E-state index in [4.69, 9.17) is 18.9 Å². The summed E-state index contributed by atoms with van der Waals surface area (Å²) in [4.78, 5) is 34.4. The minimum Gasteiger partial charge on any atom is -0.493 e. The number of carbonyl (C=O) groups excluding carboxylic acids is 1. The van der Waals surface area contributed by atoms with Crippen molar-refractivity contribution in [3.8, 4) is 34.8 Å². The minimum absolute atomic E-state index is 0.0144. The second-order valence-electron chi connectivity index (χ2n) is 8.96. The lowest BCUT2D eigenvalue weighted by Crippen LogP contribution is -2.19. The Bertz CT molecular complexity index is 1880. The molecule has 0 radical (unpaired) electrons. The third-order valence-corrected chi connectivity index (χ3v) is 8.03. The van der Waals surface area contributed by atoms with Crippen molar-refractivity contribution >= 4 is 39.5 Å². The molecule has 2 aromatic carbocycles. The molecule has 2 N–H and O–H groups in total. The van der Waals surface area contributed by atoms with Crippen molar-refractivity contribution in [2.45, 2.75) is 9.79 Å². The summed E-state index contributed by atoms with van der Waals surface area (Å²) in [5, 5.41) is 2.50. The highest BCUT2D eigenvalue weighted by Gasteiger charge is 2.26. The van der Waals surface area contributed by atoms with Crippen LogP contribution in [0.3, 0.4) is 0 Å². The van der Waals surface area contributed by atoms with E-state index in [1.165, 1.54) is 49.6 Å². The van der Waals surface area contributed by atoms with Crippen LogP contribution in [-0.4, -0.2) is 66.0 Å².